The van der Waals surface area contributed by atoms with Gasteiger partial charge in [-0.2, -0.15) is 0 Å². The van der Waals surface area contributed by atoms with Crippen LogP contribution in [-0.2, 0) is 4.79 Å². The largest absolute Gasteiger partial charge is 0.294 e. The molecule has 0 heterocycles. The van der Waals surface area contributed by atoms with Gasteiger partial charge in [-0.1, -0.05) is 56.5 Å². The van der Waals surface area contributed by atoms with Gasteiger partial charge in [-0.25, -0.2) is 0 Å². The van der Waals surface area contributed by atoms with Gasteiger partial charge >= 0.3 is 0 Å². The highest BCUT2D eigenvalue weighted by molar-refractivity contribution is 6.32. The molecule has 4 aliphatic carbocycles. The predicted octanol–water partition coefficient (Wildman–Crippen LogP) is 7.34. The molecule has 2 heteroatoms. The number of carbonyl (C=O) groups is 1. The second-order valence-corrected chi connectivity index (χ2v) is 11.0. The van der Waals surface area contributed by atoms with Gasteiger partial charge in [-0.3, -0.25) is 4.79 Å². The monoisotopic (exact) mass is 396 g/mol. The van der Waals surface area contributed by atoms with E-state index in [1.54, 1.807) is 0 Å². The minimum absolute atomic E-state index is 0.147. The molecule has 0 N–H and O–H groups in total. The van der Waals surface area contributed by atoms with Gasteiger partial charge < -0.3 is 0 Å². The fourth-order valence-corrected chi connectivity index (χ4v) is 8.06. The highest BCUT2D eigenvalue weighted by Gasteiger charge is 2.60. The second-order valence-electron chi connectivity index (χ2n) is 10.6. The molecule has 150 valence electrons. The maximum Gasteiger partial charge on any atom is 0.165 e. The molecule has 4 saturated carbocycles. The number of hydrogen-bond acceptors (Lipinski definition) is 1. The first-order valence-corrected chi connectivity index (χ1v) is 11.8. The number of hydrogen-bond donors (Lipinski definition) is 0. The van der Waals surface area contributed by atoms with Crippen molar-refractivity contribution in [2.24, 2.45) is 34.5 Å². The van der Waals surface area contributed by atoms with Crippen molar-refractivity contribution in [1.29, 1.82) is 0 Å². The zero-order valence-corrected chi connectivity index (χ0v) is 18.1. The van der Waals surface area contributed by atoms with Crippen LogP contribution in [0, 0.1) is 34.5 Å². The number of carbonyl (C=O) groups excluding carboxylic acids is 1. The maximum atomic E-state index is 13.5. The molecule has 0 aromatic heterocycles. The normalized spacial score (nSPS) is 44.1. The predicted molar refractivity (Wildman–Crippen MR) is 116 cm³/mol. The number of halogens is 1. The Morgan fingerprint density at radius 1 is 1.00 bits per heavy atom. The van der Waals surface area contributed by atoms with E-state index in [0.29, 0.717) is 17.1 Å². The summed E-state index contributed by atoms with van der Waals surface area (Å²) >= 11 is 6.39. The topological polar surface area (TPSA) is 17.1 Å². The molecule has 1 nitrogen and oxygen atoms in total. The third-order valence-electron chi connectivity index (χ3n) is 9.46. The Kier molecular flexibility index (Phi) is 4.54. The Hall–Kier alpha value is -1.08. The standard InChI is InChI=1S/C26H33ClO/c1-25-13-6-5-8-19(25)10-11-20-21(25)12-14-26(2)22(20)16-18(24(26)28)15-17-7-3-4-9-23(17)27/h3-4,7,9,15,19-22H,5-6,8,10-14,16H2,1-2H3/b18-15-/t19-,20-,21+,22+,25+,26+/m1/s1. The summed E-state index contributed by atoms with van der Waals surface area (Å²) in [6, 6.07) is 7.91. The Bertz CT molecular complexity index is 825. The molecule has 0 aliphatic heterocycles. The van der Waals surface area contributed by atoms with E-state index in [2.05, 4.69) is 19.9 Å². The summed E-state index contributed by atoms with van der Waals surface area (Å²) in [5.41, 5.74) is 2.40. The first-order valence-electron chi connectivity index (χ1n) is 11.4. The molecular formula is C26H33ClO. The van der Waals surface area contributed by atoms with Gasteiger partial charge in [0, 0.05) is 10.4 Å². The molecule has 0 radical (unpaired) electrons. The van der Waals surface area contributed by atoms with Crippen LogP contribution in [0.3, 0.4) is 0 Å². The third kappa shape index (κ3) is 2.68. The minimum Gasteiger partial charge on any atom is -0.294 e. The smallest absolute Gasteiger partial charge is 0.165 e. The molecule has 0 amide bonds. The summed E-state index contributed by atoms with van der Waals surface area (Å²) in [7, 11) is 0. The zero-order chi connectivity index (χ0) is 19.5. The molecule has 1 aromatic carbocycles. The molecule has 0 unspecified atom stereocenters. The molecule has 0 bridgehead atoms. The van der Waals surface area contributed by atoms with Crippen molar-refractivity contribution in [1.82, 2.24) is 0 Å². The molecule has 4 aliphatic rings. The Morgan fingerprint density at radius 2 is 1.82 bits per heavy atom. The van der Waals surface area contributed by atoms with Crippen LogP contribution in [0.4, 0.5) is 0 Å². The van der Waals surface area contributed by atoms with E-state index in [4.69, 9.17) is 11.6 Å². The third-order valence-corrected chi connectivity index (χ3v) is 9.80. The van der Waals surface area contributed by atoms with Crippen LogP contribution in [0.5, 0.6) is 0 Å². The number of benzene rings is 1. The molecule has 1 aromatic rings. The molecule has 0 saturated heterocycles. The van der Waals surface area contributed by atoms with Gasteiger partial charge in [0.25, 0.3) is 0 Å². The van der Waals surface area contributed by atoms with E-state index in [1.165, 1.54) is 44.9 Å². The quantitative estimate of drug-likeness (QED) is 0.454. The first kappa shape index (κ1) is 18.9. The molecule has 5 rings (SSSR count). The summed E-state index contributed by atoms with van der Waals surface area (Å²) < 4.78 is 0. The fourth-order valence-electron chi connectivity index (χ4n) is 7.87. The van der Waals surface area contributed by atoms with E-state index < -0.39 is 0 Å². The van der Waals surface area contributed by atoms with Crippen LogP contribution in [0.2, 0.25) is 5.02 Å². The van der Waals surface area contributed by atoms with Crippen molar-refractivity contribution in [3.05, 3.63) is 40.4 Å². The van der Waals surface area contributed by atoms with Crippen LogP contribution in [0.15, 0.2) is 29.8 Å². The summed E-state index contributed by atoms with van der Waals surface area (Å²) in [4.78, 5) is 13.5. The van der Waals surface area contributed by atoms with E-state index in [0.717, 1.165) is 46.8 Å². The van der Waals surface area contributed by atoms with Crippen molar-refractivity contribution in [2.45, 2.75) is 71.6 Å². The number of ketones is 1. The fraction of sp³-hybridized carbons (Fsp3) is 0.654. The lowest BCUT2D eigenvalue weighted by Crippen LogP contribution is -2.52. The Balaban J connectivity index is 1.48. The van der Waals surface area contributed by atoms with Gasteiger partial charge in [0.05, 0.1) is 0 Å². The number of fused-ring (bicyclic) bond motifs is 5. The average molecular weight is 397 g/mol. The summed E-state index contributed by atoms with van der Waals surface area (Å²) in [5, 5.41) is 0.746. The lowest BCUT2D eigenvalue weighted by molar-refractivity contribution is -0.137. The highest BCUT2D eigenvalue weighted by atomic mass is 35.5. The zero-order valence-electron chi connectivity index (χ0n) is 17.3. The lowest BCUT2D eigenvalue weighted by Gasteiger charge is -2.59. The van der Waals surface area contributed by atoms with Crippen molar-refractivity contribution < 1.29 is 4.79 Å². The van der Waals surface area contributed by atoms with Gasteiger partial charge in [-0.05, 0) is 97.3 Å². The lowest BCUT2D eigenvalue weighted by atomic mass is 9.45. The van der Waals surface area contributed by atoms with Crippen molar-refractivity contribution >= 4 is 23.5 Å². The van der Waals surface area contributed by atoms with E-state index in [-0.39, 0.29) is 5.41 Å². The molecule has 28 heavy (non-hydrogen) atoms. The van der Waals surface area contributed by atoms with Crippen molar-refractivity contribution in [2.75, 3.05) is 0 Å². The Labute approximate surface area is 174 Å². The number of Topliss-reactive ketones (excluding diaryl/α,β-unsaturated/α-hetero) is 1. The van der Waals surface area contributed by atoms with Crippen LogP contribution in [0.25, 0.3) is 6.08 Å². The number of rotatable bonds is 1. The van der Waals surface area contributed by atoms with Crippen LogP contribution >= 0.6 is 11.6 Å². The average Bonchev–Trinajstić information content (AvgIpc) is 2.94. The SMILES string of the molecule is C[C@]12CCCC[C@@H]1CC[C@@H]1[C@@H]2CC[C@]2(C)C(=O)/C(=C\c3ccccc3Cl)C[C@@H]12. The van der Waals surface area contributed by atoms with Crippen molar-refractivity contribution in [3.8, 4) is 0 Å². The maximum absolute atomic E-state index is 13.5. The van der Waals surface area contributed by atoms with E-state index >= 15 is 0 Å². The minimum atomic E-state index is -0.147. The number of allylic oxidation sites excluding steroid dienone is 1. The molecule has 0 spiro atoms. The summed E-state index contributed by atoms with van der Waals surface area (Å²) in [6.07, 6.45) is 13.8. The Morgan fingerprint density at radius 3 is 2.64 bits per heavy atom. The summed E-state index contributed by atoms with van der Waals surface area (Å²) in [6.45, 7) is 4.88. The van der Waals surface area contributed by atoms with Crippen LogP contribution in [-0.4, -0.2) is 5.78 Å². The summed E-state index contributed by atoms with van der Waals surface area (Å²) in [5.74, 6) is 3.44. The molecular weight excluding hydrogens is 364 g/mol. The van der Waals surface area contributed by atoms with Gasteiger partial charge in [0.15, 0.2) is 5.78 Å². The molecule has 4 fully saturated rings. The van der Waals surface area contributed by atoms with Crippen LogP contribution < -0.4 is 0 Å². The van der Waals surface area contributed by atoms with Crippen molar-refractivity contribution in [3.63, 3.8) is 0 Å². The first-order chi connectivity index (χ1) is 13.4. The second kappa shape index (κ2) is 6.73. The van der Waals surface area contributed by atoms with Gasteiger partial charge in [0.1, 0.15) is 0 Å². The van der Waals surface area contributed by atoms with Gasteiger partial charge in [0.2, 0.25) is 0 Å². The van der Waals surface area contributed by atoms with E-state index in [9.17, 15) is 4.79 Å². The highest BCUT2D eigenvalue weighted by Crippen LogP contribution is 2.66. The van der Waals surface area contributed by atoms with Crippen LogP contribution in [0.1, 0.15) is 77.2 Å². The van der Waals surface area contributed by atoms with Gasteiger partial charge in [-0.15, -0.1) is 0 Å². The molecule has 6 atom stereocenters. The van der Waals surface area contributed by atoms with E-state index in [1.807, 2.05) is 24.3 Å².